The van der Waals surface area contributed by atoms with Crippen molar-refractivity contribution < 1.29 is 15.0 Å². The molecule has 0 aliphatic rings. The van der Waals surface area contributed by atoms with Gasteiger partial charge in [0.2, 0.25) is 0 Å². The Kier molecular flexibility index (Phi) is 52.6. The third kappa shape index (κ3) is 96.0. The van der Waals surface area contributed by atoms with E-state index in [-0.39, 0.29) is 71.5 Å². The molecule has 0 amide bonds. The van der Waals surface area contributed by atoms with Crippen LogP contribution in [-0.4, -0.2) is 75.5 Å². The molecule has 0 aromatic rings. The van der Waals surface area contributed by atoms with Gasteiger partial charge in [-0.3, -0.25) is 0 Å². The first-order chi connectivity index (χ1) is 1.73. The molecule has 0 radical (unpaired) electrons. The van der Waals surface area contributed by atoms with Gasteiger partial charge >= 0.3 is 65.3 Å². The molecule has 0 saturated carbocycles. The number of carbonyl (C=O) groups is 1. The maximum absolute atomic E-state index is 8.56. The average molecular weight is 146 g/mol. The fourth-order valence-corrected chi connectivity index (χ4v) is 0. The molecule has 0 aliphatic heterocycles. The average Bonchev–Trinajstić information content (AvgIpc) is 0.811. The summed E-state index contributed by atoms with van der Waals surface area (Å²) in [5.41, 5.74) is 0. The SMILES string of the molecule is Cl.O=C(O)O.[NaH].[NaH]. The summed E-state index contributed by atoms with van der Waals surface area (Å²) in [5, 5.41) is 13.9. The van der Waals surface area contributed by atoms with Crippen molar-refractivity contribution in [3.8, 4) is 0 Å². The van der Waals surface area contributed by atoms with Crippen LogP contribution in [0.4, 0.5) is 4.79 Å². The first kappa shape index (κ1) is 23.5. The molecular weight excluding hydrogens is 141 g/mol. The predicted molar refractivity (Wildman–Crippen MR) is 32.2 cm³/mol. The monoisotopic (exact) mass is 146 g/mol. The summed E-state index contributed by atoms with van der Waals surface area (Å²) in [5.74, 6) is 0. The van der Waals surface area contributed by atoms with Crippen molar-refractivity contribution in [3.05, 3.63) is 0 Å². The van der Waals surface area contributed by atoms with E-state index in [9.17, 15) is 0 Å². The fourth-order valence-electron chi connectivity index (χ4n) is 0. The second kappa shape index (κ2) is 15.6. The molecule has 6 heteroatoms. The summed E-state index contributed by atoms with van der Waals surface area (Å²) in [7, 11) is 0. The molecule has 0 bridgehead atoms. The van der Waals surface area contributed by atoms with Crippen LogP contribution in [0.15, 0.2) is 0 Å². The molecule has 0 unspecified atom stereocenters. The number of hydrogen-bond acceptors (Lipinski definition) is 1. The Hall–Kier alpha value is 1.56. The van der Waals surface area contributed by atoms with Crippen LogP contribution in [0.25, 0.3) is 0 Å². The Bertz CT molecular complexity index is 35.9. The van der Waals surface area contributed by atoms with Gasteiger partial charge in [0.15, 0.2) is 0 Å². The van der Waals surface area contributed by atoms with Crippen LogP contribution in [0.2, 0.25) is 0 Å². The number of rotatable bonds is 0. The van der Waals surface area contributed by atoms with E-state index in [1.54, 1.807) is 0 Å². The third-order valence-corrected chi connectivity index (χ3v) is 0. The van der Waals surface area contributed by atoms with Gasteiger partial charge in [0.05, 0.1) is 0 Å². The second-order valence-corrected chi connectivity index (χ2v) is 0.283. The Morgan fingerprint density at radius 3 is 1.14 bits per heavy atom. The van der Waals surface area contributed by atoms with Crippen LogP contribution in [-0.2, 0) is 0 Å². The van der Waals surface area contributed by atoms with Gasteiger partial charge < -0.3 is 10.2 Å². The van der Waals surface area contributed by atoms with Crippen LogP contribution in [0.3, 0.4) is 0 Å². The predicted octanol–water partition coefficient (Wildman–Crippen LogP) is -0.653. The molecule has 0 spiro atoms. The van der Waals surface area contributed by atoms with Gasteiger partial charge in [0.1, 0.15) is 0 Å². The summed E-state index contributed by atoms with van der Waals surface area (Å²) in [4.78, 5) is 8.56. The molecule has 3 nitrogen and oxygen atoms in total. The zero-order chi connectivity index (χ0) is 3.58. The number of halogens is 1. The Balaban J connectivity index is -0.0000000150. The molecule has 36 valence electrons. The minimum absolute atomic E-state index is 0. The summed E-state index contributed by atoms with van der Waals surface area (Å²) < 4.78 is 0. The Morgan fingerprint density at radius 1 is 1.14 bits per heavy atom. The van der Waals surface area contributed by atoms with Gasteiger partial charge in [0.25, 0.3) is 0 Å². The van der Waals surface area contributed by atoms with Crippen molar-refractivity contribution in [1.29, 1.82) is 0 Å². The minimum atomic E-state index is -1.83. The van der Waals surface area contributed by atoms with Crippen molar-refractivity contribution >= 4 is 77.7 Å². The van der Waals surface area contributed by atoms with Gasteiger partial charge in [-0.05, 0) is 0 Å². The Morgan fingerprint density at radius 2 is 1.14 bits per heavy atom. The molecule has 0 rings (SSSR count). The standard InChI is InChI=1S/CH2O3.ClH.2Na.2H/c2-1(3)4;;;;;/h(H2,2,3,4);1H;;;;. The zero-order valence-electron chi connectivity index (χ0n) is 2.21. The first-order valence-corrected chi connectivity index (χ1v) is 0.651. The van der Waals surface area contributed by atoms with Gasteiger partial charge in [-0.15, -0.1) is 12.4 Å². The van der Waals surface area contributed by atoms with Gasteiger partial charge in [-0.25, -0.2) is 4.79 Å². The molecule has 0 atom stereocenters. The van der Waals surface area contributed by atoms with Crippen LogP contribution >= 0.6 is 12.4 Å². The van der Waals surface area contributed by atoms with E-state index in [2.05, 4.69) is 0 Å². The van der Waals surface area contributed by atoms with E-state index in [0.717, 1.165) is 0 Å². The van der Waals surface area contributed by atoms with Crippen molar-refractivity contribution in [3.63, 3.8) is 0 Å². The molecule has 0 heterocycles. The van der Waals surface area contributed by atoms with E-state index >= 15 is 0 Å². The third-order valence-electron chi connectivity index (χ3n) is 0. The van der Waals surface area contributed by atoms with Crippen LogP contribution in [0, 0.1) is 0 Å². The van der Waals surface area contributed by atoms with E-state index in [1.807, 2.05) is 0 Å². The molecule has 0 fully saturated rings. The Labute approximate surface area is 91.5 Å². The first-order valence-electron chi connectivity index (χ1n) is 0.651. The number of hydrogen-bond donors (Lipinski definition) is 2. The summed E-state index contributed by atoms with van der Waals surface area (Å²) in [6, 6.07) is 0. The van der Waals surface area contributed by atoms with Crippen LogP contribution < -0.4 is 0 Å². The molecule has 7 heavy (non-hydrogen) atoms. The summed E-state index contributed by atoms with van der Waals surface area (Å²) in [6.45, 7) is 0. The molecular formula is CH5ClNa2O3. The van der Waals surface area contributed by atoms with E-state index < -0.39 is 6.16 Å². The van der Waals surface area contributed by atoms with Crippen LogP contribution in [0.1, 0.15) is 0 Å². The summed E-state index contributed by atoms with van der Waals surface area (Å²) >= 11 is 0. The second-order valence-electron chi connectivity index (χ2n) is 0.283. The summed E-state index contributed by atoms with van der Waals surface area (Å²) in [6.07, 6.45) is -1.83. The van der Waals surface area contributed by atoms with Crippen molar-refractivity contribution in [2.24, 2.45) is 0 Å². The van der Waals surface area contributed by atoms with Crippen molar-refractivity contribution in [1.82, 2.24) is 0 Å². The van der Waals surface area contributed by atoms with Crippen LogP contribution in [0.5, 0.6) is 0 Å². The fraction of sp³-hybridized carbons (Fsp3) is 0. The quantitative estimate of drug-likeness (QED) is 0.447. The molecule has 0 aromatic heterocycles. The van der Waals surface area contributed by atoms with E-state index in [4.69, 9.17) is 15.0 Å². The normalized spacial score (nSPS) is 3.43. The van der Waals surface area contributed by atoms with Crippen molar-refractivity contribution in [2.45, 2.75) is 0 Å². The number of carboxylic acid groups (broad SMARTS) is 2. The van der Waals surface area contributed by atoms with Gasteiger partial charge in [-0.2, -0.15) is 0 Å². The topological polar surface area (TPSA) is 57.5 Å². The molecule has 0 aliphatic carbocycles. The van der Waals surface area contributed by atoms with Gasteiger partial charge in [-0.1, -0.05) is 0 Å². The molecule has 2 N–H and O–H groups in total. The van der Waals surface area contributed by atoms with E-state index in [1.165, 1.54) is 0 Å². The molecule has 0 aromatic carbocycles. The van der Waals surface area contributed by atoms with Gasteiger partial charge in [0, 0.05) is 0 Å². The zero-order valence-corrected chi connectivity index (χ0v) is 3.03. The maximum atomic E-state index is 8.56. The molecule has 0 saturated heterocycles. The van der Waals surface area contributed by atoms with E-state index in [0.29, 0.717) is 0 Å². The van der Waals surface area contributed by atoms with Crippen molar-refractivity contribution in [2.75, 3.05) is 0 Å².